The lowest BCUT2D eigenvalue weighted by molar-refractivity contribution is -0.140. The number of rotatable bonds is 11. The third kappa shape index (κ3) is 5.39. The maximum Gasteiger partial charge on any atom is 0.293 e. The topological polar surface area (TPSA) is 74.2 Å². The van der Waals surface area contributed by atoms with E-state index in [1.807, 2.05) is 86.6 Å². The van der Waals surface area contributed by atoms with Crippen LogP contribution >= 0.6 is 0 Å². The van der Waals surface area contributed by atoms with Crippen LogP contribution in [0, 0.1) is 0 Å². The van der Waals surface area contributed by atoms with Gasteiger partial charge in [0, 0.05) is 36.5 Å². The molecule has 0 aromatic heterocycles. The molecule has 3 aromatic rings. The molecule has 1 heterocycles. The first kappa shape index (κ1) is 24.5. The monoisotopic (exact) mass is 471 g/mol. The van der Waals surface area contributed by atoms with E-state index in [4.69, 9.17) is 14.2 Å². The molecule has 6 heteroatoms. The zero-order chi connectivity index (χ0) is 24.6. The lowest BCUT2D eigenvalue weighted by Crippen LogP contribution is -2.22. The molecule has 0 bridgehead atoms. The lowest BCUT2D eigenvalue weighted by Gasteiger charge is -2.25. The molecule has 4 rings (SSSR count). The van der Waals surface area contributed by atoms with E-state index < -0.39 is 12.2 Å². The van der Waals surface area contributed by atoms with E-state index in [0.717, 1.165) is 22.3 Å². The van der Waals surface area contributed by atoms with Crippen molar-refractivity contribution in [2.24, 2.45) is 4.99 Å². The van der Waals surface area contributed by atoms with E-state index in [1.54, 1.807) is 6.21 Å². The minimum Gasteiger partial charge on any atom is -0.467 e. The Labute approximate surface area is 205 Å². The Morgan fingerprint density at radius 2 is 1.60 bits per heavy atom. The summed E-state index contributed by atoms with van der Waals surface area (Å²) in [5.41, 5.74) is 4.69. The number of carbonyl (C=O) groups is 2. The maximum absolute atomic E-state index is 13.8. The van der Waals surface area contributed by atoms with Gasteiger partial charge in [-0.1, -0.05) is 66.7 Å². The van der Waals surface area contributed by atoms with Crippen molar-refractivity contribution in [3.8, 4) is 0 Å². The summed E-state index contributed by atoms with van der Waals surface area (Å²) in [6.45, 7) is 5.50. The molecule has 1 aliphatic rings. The van der Waals surface area contributed by atoms with Crippen LogP contribution in [-0.2, 0) is 19.0 Å². The number of nitrogens with zero attached hydrogens (tertiary/aromatic N) is 1. The van der Waals surface area contributed by atoms with Gasteiger partial charge >= 0.3 is 0 Å². The predicted octanol–water partition coefficient (Wildman–Crippen LogP) is 5.75. The number of hydrogen-bond donors (Lipinski definition) is 0. The predicted molar refractivity (Wildman–Crippen MR) is 134 cm³/mol. The number of aliphatic imine (C=N–C) groups is 1. The molecule has 0 saturated carbocycles. The van der Waals surface area contributed by atoms with Gasteiger partial charge in [-0.25, -0.2) is 0 Å². The van der Waals surface area contributed by atoms with Crippen molar-refractivity contribution in [2.75, 3.05) is 19.8 Å². The van der Waals surface area contributed by atoms with E-state index in [-0.39, 0.29) is 18.3 Å². The summed E-state index contributed by atoms with van der Waals surface area (Å²) in [5, 5.41) is 0. The highest BCUT2D eigenvalue weighted by atomic mass is 16.7. The lowest BCUT2D eigenvalue weighted by atomic mass is 9.81. The second kappa shape index (κ2) is 11.7. The van der Waals surface area contributed by atoms with Crippen LogP contribution in [0.25, 0.3) is 0 Å². The first-order valence-electron chi connectivity index (χ1n) is 11.8. The molecule has 0 spiro atoms. The Bertz CT molecular complexity index is 1170. The number of fused-ring (bicyclic) bond motifs is 1. The minimum absolute atomic E-state index is 0.0310. The van der Waals surface area contributed by atoms with Crippen molar-refractivity contribution in [3.05, 3.63) is 101 Å². The van der Waals surface area contributed by atoms with E-state index >= 15 is 0 Å². The number of ketones is 1. The molecule has 2 unspecified atom stereocenters. The van der Waals surface area contributed by atoms with Crippen molar-refractivity contribution < 1.29 is 23.8 Å². The molecule has 0 amide bonds. The quantitative estimate of drug-likeness (QED) is 0.263. The standard InChI is InChI=1S/C29H29NO5/c1-3-34-29(35-4-2)22-15-13-21(14-16-22)24-17-30-26-12-8-11-23(27(26)28(24)32)25(18-33-19-31)20-9-6-5-7-10-20/h5-17,19,24-25,29H,3-4,18H2,1-2H3. The summed E-state index contributed by atoms with van der Waals surface area (Å²) in [4.78, 5) is 29.4. The first-order chi connectivity index (χ1) is 17.2. The SMILES string of the molecule is CCOC(OCC)c1ccc(C2C=Nc3cccc(C(COC=O)c4ccccc4)c3C2=O)cc1. The molecule has 180 valence electrons. The van der Waals surface area contributed by atoms with E-state index in [2.05, 4.69) is 4.99 Å². The van der Waals surface area contributed by atoms with Crippen LogP contribution in [0.4, 0.5) is 5.69 Å². The van der Waals surface area contributed by atoms with Gasteiger partial charge in [-0.2, -0.15) is 0 Å². The summed E-state index contributed by atoms with van der Waals surface area (Å²) in [6, 6.07) is 23.1. The number of carbonyl (C=O) groups excluding carboxylic acids is 2. The molecular formula is C29H29NO5. The number of benzene rings is 3. The van der Waals surface area contributed by atoms with Crippen LogP contribution in [0.15, 0.2) is 77.8 Å². The minimum atomic E-state index is -0.515. The summed E-state index contributed by atoms with van der Waals surface area (Å²) < 4.78 is 16.5. The molecule has 0 fully saturated rings. The van der Waals surface area contributed by atoms with Gasteiger partial charge in [0.15, 0.2) is 12.1 Å². The van der Waals surface area contributed by atoms with Crippen LogP contribution in [0.3, 0.4) is 0 Å². The normalized spacial score (nSPS) is 15.6. The van der Waals surface area contributed by atoms with Gasteiger partial charge in [0.2, 0.25) is 0 Å². The van der Waals surface area contributed by atoms with Gasteiger partial charge in [0.05, 0.1) is 11.6 Å². The number of ether oxygens (including phenoxy) is 3. The number of Topliss-reactive ketones (excluding diaryl/α,β-unsaturated/α-hetero) is 1. The highest BCUT2D eigenvalue weighted by Crippen LogP contribution is 2.38. The highest BCUT2D eigenvalue weighted by molar-refractivity contribution is 6.16. The van der Waals surface area contributed by atoms with Crippen molar-refractivity contribution in [1.29, 1.82) is 0 Å². The molecule has 0 aliphatic carbocycles. The zero-order valence-electron chi connectivity index (χ0n) is 19.9. The molecule has 1 aliphatic heterocycles. The molecule has 6 nitrogen and oxygen atoms in total. The third-order valence-corrected chi connectivity index (χ3v) is 6.08. The molecule has 0 saturated heterocycles. The Kier molecular flexibility index (Phi) is 8.19. The van der Waals surface area contributed by atoms with Crippen molar-refractivity contribution in [3.63, 3.8) is 0 Å². The van der Waals surface area contributed by atoms with Gasteiger partial charge in [0.25, 0.3) is 6.47 Å². The van der Waals surface area contributed by atoms with E-state index in [9.17, 15) is 9.59 Å². The summed E-state index contributed by atoms with van der Waals surface area (Å²) >= 11 is 0. The first-order valence-corrected chi connectivity index (χ1v) is 11.8. The maximum atomic E-state index is 13.8. The van der Waals surface area contributed by atoms with Crippen molar-refractivity contribution in [1.82, 2.24) is 0 Å². The molecule has 0 radical (unpaired) electrons. The van der Waals surface area contributed by atoms with Crippen LogP contribution in [0.1, 0.15) is 64.6 Å². The van der Waals surface area contributed by atoms with Gasteiger partial charge in [-0.15, -0.1) is 0 Å². The summed E-state index contributed by atoms with van der Waals surface area (Å²) in [6.07, 6.45) is 1.26. The smallest absolute Gasteiger partial charge is 0.293 e. The molecule has 3 aromatic carbocycles. The van der Waals surface area contributed by atoms with Crippen LogP contribution < -0.4 is 0 Å². The Morgan fingerprint density at radius 1 is 0.886 bits per heavy atom. The van der Waals surface area contributed by atoms with Gasteiger partial charge < -0.3 is 14.2 Å². The van der Waals surface area contributed by atoms with Gasteiger partial charge in [-0.05, 0) is 36.6 Å². The zero-order valence-corrected chi connectivity index (χ0v) is 19.9. The van der Waals surface area contributed by atoms with Crippen molar-refractivity contribution in [2.45, 2.75) is 32.0 Å². The van der Waals surface area contributed by atoms with Crippen LogP contribution in [0.5, 0.6) is 0 Å². The molecule has 2 atom stereocenters. The Balaban J connectivity index is 1.68. The Morgan fingerprint density at radius 3 is 2.26 bits per heavy atom. The average molecular weight is 472 g/mol. The largest absolute Gasteiger partial charge is 0.467 e. The van der Waals surface area contributed by atoms with Crippen LogP contribution in [0.2, 0.25) is 0 Å². The number of hydrogen-bond acceptors (Lipinski definition) is 6. The van der Waals surface area contributed by atoms with E-state index in [1.165, 1.54) is 0 Å². The molecular weight excluding hydrogens is 442 g/mol. The fourth-order valence-corrected chi connectivity index (χ4v) is 4.43. The summed E-state index contributed by atoms with van der Waals surface area (Å²) in [7, 11) is 0. The summed E-state index contributed by atoms with van der Waals surface area (Å²) in [5.74, 6) is -0.829. The van der Waals surface area contributed by atoms with Crippen molar-refractivity contribution >= 4 is 24.2 Å². The van der Waals surface area contributed by atoms with Gasteiger partial charge in [-0.3, -0.25) is 14.6 Å². The highest BCUT2D eigenvalue weighted by Gasteiger charge is 2.31. The Hall–Kier alpha value is -3.61. The fourth-order valence-electron chi connectivity index (χ4n) is 4.43. The average Bonchev–Trinajstić information content (AvgIpc) is 2.90. The fraction of sp³-hybridized carbons (Fsp3) is 0.276. The van der Waals surface area contributed by atoms with Crippen LogP contribution in [-0.4, -0.2) is 38.3 Å². The van der Waals surface area contributed by atoms with Gasteiger partial charge in [0.1, 0.15) is 6.61 Å². The second-order valence-corrected chi connectivity index (χ2v) is 8.16. The van der Waals surface area contributed by atoms with E-state index in [0.29, 0.717) is 30.9 Å². The molecule has 35 heavy (non-hydrogen) atoms. The molecule has 0 N–H and O–H groups in total. The second-order valence-electron chi connectivity index (χ2n) is 8.16. The third-order valence-electron chi connectivity index (χ3n) is 6.08.